The first-order valence-electron chi connectivity index (χ1n) is 6.87. The summed E-state index contributed by atoms with van der Waals surface area (Å²) in [6.07, 6.45) is 2.16. The van der Waals surface area contributed by atoms with E-state index in [9.17, 15) is 0 Å². The molecule has 2 aromatic carbocycles. The lowest BCUT2D eigenvalue weighted by molar-refractivity contribution is 0.416. The summed E-state index contributed by atoms with van der Waals surface area (Å²) >= 11 is 6.06. The van der Waals surface area contributed by atoms with Gasteiger partial charge in [-0.3, -0.25) is 0 Å². The average Bonchev–Trinajstić information content (AvgIpc) is 2.81. The van der Waals surface area contributed by atoms with Gasteiger partial charge < -0.3 is 10.1 Å². The third-order valence-corrected chi connectivity index (χ3v) is 4.10. The molecule has 1 aliphatic rings. The third kappa shape index (κ3) is 2.48. The average molecular weight is 288 g/mol. The molecule has 0 amide bonds. The number of fused-ring (bicyclic) bond motifs is 1. The van der Waals surface area contributed by atoms with Crippen molar-refractivity contribution in [2.45, 2.75) is 25.8 Å². The lowest BCUT2D eigenvalue weighted by atomic mass is 10.1. The van der Waals surface area contributed by atoms with E-state index in [4.69, 9.17) is 16.3 Å². The first kappa shape index (κ1) is 13.3. The van der Waals surface area contributed by atoms with Crippen molar-refractivity contribution < 1.29 is 4.74 Å². The number of benzene rings is 2. The standard InChI is InChI=1S/C17H18ClNO/c1-11-3-8-17(20-2)16(9-11)19-15-7-4-12-10-13(18)5-6-14(12)15/h3,5-6,8-10,15,19H,4,7H2,1-2H3. The number of halogens is 1. The summed E-state index contributed by atoms with van der Waals surface area (Å²) < 4.78 is 5.43. The molecule has 1 unspecified atom stereocenters. The molecule has 0 saturated heterocycles. The van der Waals surface area contributed by atoms with E-state index >= 15 is 0 Å². The van der Waals surface area contributed by atoms with E-state index in [2.05, 4.69) is 36.5 Å². The Morgan fingerprint density at radius 1 is 1.20 bits per heavy atom. The normalized spacial score (nSPS) is 16.9. The molecule has 0 aromatic heterocycles. The van der Waals surface area contributed by atoms with Crippen molar-refractivity contribution in [1.29, 1.82) is 0 Å². The summed E-state index contributed by atoms with van der Waals surface area (Å²) in [7, 11) is 1.71. The summed E-state index contributed by atoms with van der Waals surface area (Å²) in [4.78, 5) is 0. The summed E-state index contributed by atoms with van der Waals surface area (Å²) in [6.45, 7) is 2.09. The van der Waals surface area contributed by atoms with Gasteiger partial charge in [0.1, 0.15) is 5.75 Å². The zero-order chi connectivity index (χ0) is 14.1. The van der Waals surface area contributed by atoms with Crippen molar-refractivity contribution in [2.75, 3.05) is 12.4 Å². The van der Waals surface area contributed by atoms with Crippen LogP contribution in [-0.4, -0.2) is 7.11 Å². The molecule has 3 heteroatoms. The molecule has 1 atom stereocenters. The van der Waals surface area contributed by atoms with Crippen LogP contribution in [0.25, 0.3) is 0 Å². The third-order valence-electron chi connectivity index (χ3n) is 3.87. The van der Waals surface area contributed by atoms with Crippen molar-refractivity contribution in [3.05, 3.63) is 58.1 Å². The van der Waals surface area contributed by atoms with Gasteiger partial charge in [0.25, 0.3) is 0 Å². The van der Waals surface area contributed by atoms with Gasteiger partial charge in [0.05, 0.1) is 18.8 Å². The van der Waals surface area contributed by atoms with Gasteiger partial charge in [0, 0.05) is 5.02 Å². The van der Waals surface area contributed by atoms with Crippen LogP contribution >= 0.6 is 11.6 Å². The first-order valence-corrected chi connectivity index (χ1v) is 7.24. The van der Waals surface area contributed by atoms with Crippen LogP contribution in [0.5, 0.6) is 5.75 Å². The molecular formula is C17H18ClNO. The molecule has 20 heavy (non-hydrogen) atoms. The topological polar surface area (TPSA) is 21.3 Å². The van der Waals surface area contributed by atoms with Crippen LogP contribution in [0, 0.1) is 6.92 Å². The van der Waals surface area contributed by atoms with Gasteiger partial charge in [0.2, 0.25) is 0 Å². The molecule has 0 aliphatic heterocycles. The monoisotopic (exact) mass is 287 g/mol. The predicted octanol–water partition coefficient (Wildman–Crippen LogP) is 4.76. The minimum absolute atomic E-state index is 0.331. The summed E-state index contributed by atoms with van der Waals surface area (Å²) in [5.74, 6) is 0.887. The van der Waals surface area contributed by atoms with Crippen molar-refractivity contribution in [3.8, 4) is 5.75 Å². The van der Waals surface area contributed by atoms with E-state index in [1.807, 2.05) is 12.1 Å². The largest absolute Gasteiger partial charge is 0.495 e. The fraction of sp³-hybridized carbons (Fsp3) is 0.294. The second kappa shape index (κ2) is 5.37. The summed E-state index contributed by atoms with van der Waals surface area (Å²) in [5.41, 5.74) is 4.97. The van der Waals surface area contributed by atoms with Crippen molar-refractivity contribution in [1.82, 2.24) is 0 Å². The van der Waals surface area contributed by atoms with Crippen LogP contribution in [0.15, 0.2) is 36.4 Å². The zero-order valence-electron chi connectivity index (χ0n) is 11.7. The highest BCUT2D eigenvalue weighted by atomic mass is 35.5. The van der Waals surface area contributed by atoms with E-state index in [-0.39, 0.29) is 0 Å². The quantitative estimate of drug-likeness (QED) is 0.879. The maximum atomic E-state index is 6.06. The Morgan fingerprint density at radius 2 is 2.05 bits per heavy atom. The predicted molar refractivity (Wildman–Crippen MR) is 83.9 cm³/mol. The van der Waals surface area contributed by atoms with Gasteiger partial charge in [-0.25, -0.2) is 0 Å². The number of rotatable bonds is 3. The number of nitrogens with one attached hydrogen (secondary N) is 1. The van der Waals surface area contributed by atoms with Crippen LogP contribution < -0.4 is 10.1 Å². The highest BCUT2D eigenvalue weighted by Gasteiger charge is 2.23. The molecule has 0 spiro atoms. The number of aryl methyl sites for hydroxylation is 2. The minimum atomic E-state index is 0.331. The Balaban J connectivity index is 1.89. The van der Waals surface area contributed by atoms with Gasteiger partial charge >= 0.3 is 0 Å². The molecule has 0 bridgehead atoms. The Kier molecular flexibility index (Phi) is 3.58. The maximum Gasteiger partial charge on any atom is 0.141 e. The molecule has 0 heterocycles. The highest BCUT2D eigenvalue weighted by Crippen LogP contribution is 2.37. The maximum absolute atomic E-state index is 6.06. The van der Waals surface area contributed by atoms with Crippen LogP contribution in [0.1, 0.15) is 29.2 Å². The fourth-order valence-corrected chi connectivity index (χ4v) is 3.05. The lowest BCUT2D eigenvalue weighted by Crippen LogP contribution is -2.08. The van der Waals surface area contributed by atoms with Crippen LogP contribution in [0.3, 0.4) is 0 Å². The smallest absolute Gasteiger partial charge is 0.141 e. The van der Waals surface area contributed by atoms with E-state index in [1.165, 1.54) is 16.7 Å². The van der Waals surface area contributed by atoms with E-state index in [1.54, 1.807) is 7.11 Å². The second-order valence-electron chi connectivity index (χ2n) is 5.28. The Bertz CT molecular complexity index is 639. The lowest BCUT2D eigenvalue weighted by Gasteiger charge is -2.18. The molecule has 0 saturated carbocycles. The van der Waals surface area contributed by atoms with Crippen molar-refractivity contribution in [2.24, 2.45) is 0 Å². The molecule has 3 rings (SSSR count). The van der Waals surface area contributed by atoms with Gasteiger partial charge in [-0.1, -0.05) is 23.7 Å². The molecule has 2 nitrogen and oxygen atoms in total. The highest BCUT2D eigenvalue weighted by molar-refractivity contribution is 6.30. The summed E-state index contributed by atoms with van der Waals surface area (Å²) in [6, 6.07) is 12.7. The van der Waals surface area contributed by atoms with Crippen molar-refractivity contribution in [3.63, 3.8) is 0 Å². The van der Waals surface area contributed by atoms with E-state index in [0.29, 0.717) is 6.04 Å². The molecule has 1 N–H and O–H groups in total. The first-order chi connectivity index (χ1) is 9.67. The van der Waals surface area contributed by atoms with Gasteiger partial charge in [-0.05, 0) is 60.7 Å². The Labute approximate surface area is 124 Å². The number of methoxy groups -OCH3 is 1. The minimum Gasteiger partial charge on any atom is -0.495 e. The molecule has 0 radical (unpaired) electrons. The van der Waals surface area contributed by atoms with Gasteiger partial charge in [-0.15, -0.1) is 0 Å². The molecule has 2 aromatic rings. The van der Waals surface area contributed by atoms with Gasteiger partial charge in [-0.2, -0.15) is 0 Å². The Hall–Kier alpha value is -1.67. The SMILES string of the molecule is COc1ccc(C)cc1NC1CCc2cc(Cl)ccc21. The van der Waals surface area contributed by atoms with Crippen LogP contribution in [0.4, 0.5) is 5.69 Å². The number of ether oxygens (including phenoxy) is 1. The molecule has 1 aliphatic carbocycles. The van der Waals surface area contributed by atoms with Gasteiger partial charge in [0.15, 0.2) is 0 Å². The number of hydrogen-bond donors (Lipinski definition) is 1. The summed E-state index contributed by atoms with van der Waals surface area (Å²) in [5, 5.41) is 4.43. The second-order valence-corrected chi connectivity index (χ2v) is 5.72. The zero-order valence-corrected chi connectivity index (χ0v) is 12.5. The van der Waals surface area contributed by atoms with Crippen molar-refractivity contribution >= 4 is 17.3 Å². The van der Waals surface area contributed by atoms with E-state index < -0.39 is 0 Å². The molecule has 104 valence electrons. The van der Waals surface area contributed by atoms with E-state index in [0.717, 1.165) is 29.3 Å². The fourth-order valence-electron chi connectivity index (χ4n) is 2.86. The molecular weight excluding hydrogens is 270 g/mol. The number of hydrogen-bond acceptors (Lipinski definition) is 2. The van der Waals surface area contributed by atoms with Crippen LogP contribution in [-0.2, 0) is 6.42 Å². The molecule has 0 fully saturated rings. The number of anilines is 1. The Morgan fingerprint density at radius 3 is 2.85 bits per heavy atom. The van der Waals surface area contributed by atoms with Crippen LogP contribution in [0.2, 0.25) is 5.02 Å².